The van der Waals surface area contributed by atoms with Crippen molar-refractivity contribution >= 4 is 41.5 Å². The van der Waals surface area contributed by atoms with Crippen LogP contribution in [0, 0.1) is 0 Å². The molecule has 0 aliphatic heterocycles. The Kier molecular flexibility index (Phi) is 15.9. The SMILES string of the molecule is CN=C(NCCCCOCCOC)NCCc1ccc(OC)cc1Cl.I. The minimum atomic E-state index is 0. The molecule has 0 fully saturated rings. The number of unbranched alkanes of at least 4 members (excludes halogenated alkanes) is 1. The van der Waals surface area contributed by atoms with Crippen molar-refractivity contribution in [1.82, 2.24) is 10.6 Å². The van der Waals surface area contributed by atoms with Crippen LogP contribution in [0.25, 0.3) is 0 Å². The van der Waals surface area contributed by atoms with Gasteiger partial charge in [-0.05, 0) is 37.0 Å². The van der Waals surface area contributed by atoms with Crippen molar-refractivity contribution in [1.29, 1.82) is 0 Å². The molecule has 0 atom stereocenters. The Bertz CT molecular complexity index is 518. The molecule has 0 radical (unpaired) electrons. The third-order valence-electron chi connectivity index (χ3n) is 3.61. The largest absolute Gasteiger partial charge is 0.497 e. The highest BCUT2D eigenvalue weighted by molar-refractivity contribution is 14.0. The third kappa shape index (κ3) is 11.1. The van der Waals surface area contributed by atoms with E-state index >= 15 is 0 Å². The Morgan fingerprint density at radius 1 is 1.08 bits per heavy atom. The van der Waals surface area contributed by atoms with Gasteiger partial charge in [-0.1, -0.05) is 17.7 Å². The second-order valence-electron chi connectivity index (χ2n) is 5.45. The fraction of sp³-hybridized carbons (Fsp3) is 0.611. The second kappa shape index (κ2) is 16.4. The van der Waals surface area contributed by atoms with E-state index in [1.165, 1.54) is 0 Å². The summed E-state index contributed by atoms with van der Waals surface area (Å²) in [5.41, 5.74) is 1.08. The normalized spacial score (nSPS) is 11.0. The van der Waals surface area contributed by atoms with Crippen LogP contribution in [0.2, 0.25) is 5.02 Å². The highest BCUT2D eigenvalue weighted by Gasteiger charge is 2.03. The Morgan fingerprint density at radius 2 is 1.85 bits per heavy atom. The molecule has 2 N–H and O–H groups in total. The predicted molar refractivity (Wildman–Crippen MR) is 118 cm³/mol. The van der Waals surface area contributed by atoms with E-state index in [9.17, 15) is 0 Å². The molecule has 0 saturated carbocycles. The lowest BCUT2D eigenvalue weighted by Crippen LogP contribution is -2.38. The number of methoxy groups -OCH3 is 2. The molecular weight excluding hydrogens is 469 g/mol. The van der Waals surface area contributed by atoms with Crippen LogP contribution < -0.4 is 15.4 Å². The summed E-state index contributed by atoms with van der Waals surface area (Å²) in [6, 6.07) is 5.74. The maximum atomic E-state index is 6.25. The number of hydrogen-bond donors (Lipinski definition) is 2. The van der Waals surface area contributed by atoms with Crippen molar-refractivity contribution in [3.8, 4) is 5.75 Å². The van der Waals surface area contributed by atoms with Crippen LogP contribution in [0.3, 0.4) is 0 Å². The zero-order chi connectivity index (χ0) is 18.3. The van der Waals surface area contributed by atoms with Gasteiger partial charge < -0.3 is 24.8 Å². The summed E-state index contributed by atoms with van der Waals surface area (Å²) in [5.74, 6) is 1.57. The van der Waals surface area contributed by atoms with Crippen molar-refractivity contribution in [3.05, 3.63) is 28.8 Å². The second-order valence-corrected chi connectivity index (χ2v) is 5.85. The van der Waals surface area contributed by atoms with Gasteiger partial charge in [-0.3, -0.25) is 4.99 Å². The van der Waals surface area contributed by atoms with E-state index in [0.29, 0.717) is 13.2 Å². The van der Waals surface area contributed by atoms with Crippen LogP contribution in [0.5, 0.6) is 5.75 Å². The molecule has 0 heterocycles. The van der Waals surface area contributed by atoms with E-state index in [1.54, 1.807) is 21.3 Å². The van der Waals surface area contributed by atoms with E-state index in [0.717, 1.165) is 61.3 Å². The Morgan fingerprint density at radius 3 is 2.50 bits per heavy atom. The fourth-order valence-electron chi connectivity index (χ4n) is 2.17. The van der Waals surface area contributed by atoms with Crippen LogP contribution in [-0.2, 0) is 15.9 Å². The lowest BCUT2D eigenvalue weighted by atomic mass is 10.1. The topological polar surface area (TPSA) is 64.1 Å². The first-order chi connectivity index (χ1) is 12.2. The maximum Gasteiger partial charge on any atom is 0.190 e. The van der Waals surface area contributed by atoms with Crippen molar-refractivity contribution in [3.63, 3.8) is 0 Å². The van der Waals surface area contributed by atoms with E-state index in [-0.39, 0.29) is 24.0 Å². The molecule has 8 heteroatoms. The van der Waals surface area contributed by atoms with Crippen LogP contribution >= 0.6 is 35.6 Å². The number of nitrogens with zero attached hydrogens (tertiary/aromatic N) is 1. The van der Waals surface area contributed by atoms with Crippen molar-refractivity contribution in [2.45, 2.75) is 19.3 Å². The summed E-state index contributed by atoms with van der Waals surface area (Å²) in [6.45, 7) is 3.67. The van der Waals surface area contributed by atoms with Gasteiger partial charge in [0.2, 0.25) is 0 Å². The number of rotatable bonds is 12. The zero-order valence-electron chi connectivity index (χ0n) is 15.8. The molecule has 150 valence electrons. The van der Waals surface area contributed by atoms with E-state index < -0.39 is 0 Å². The minimum absolute atomic E-state index is 0. The van der Waals surface area contributed by atoms with Gasteiger partial charge >= 0.3 is 0 Å². The molecule has 26 heavy (non-hydrogen) atoms. The average molecular weight is 500 g/mol. The van der Waals surface area contributed by atoms with Crippen LogP contribution in [0.4, 0.5) is 0 Å². The third-order valence-corrected chi connectivity index (χ3v) is 3.96. The number of hydrogen-bond acceptors (Lipinski definition) is 4. The summed E-state index contributed by atoms with van der Waals surface area (Å²) in [7, 11) is 5.08. The molecule has 0 aliphatic rings. The first-order valence-electron chi connectivity index (χ1n) is 8.55. The Hall–Kier alpha value is -0.770. The smallest absolute Gasteiger partial charge is 0.190 e. The number of guanidine groups is 1. The van der Waals surface area contributed by atoms with Gasteiger partial charge in [0.15, 0.2) is 5.96 Å². The summed E-state index contributed by atoms with van der Waals surface area (Å²) < 4.78 is 15.5. The Balaban J connectivity index is 0.00000625. The number of benzene rings is 1. The van der Waals surface area contributed by atoms with E-state index in [4.69, 9.17) is 25.8 Å². The van der Waals surface area contributed by atoms with Gasteiger partial charge in [-0.2, -0.15) is 0 Å². The first kappa shape index (κ1) is 25.2. The number of halogens is 2. The minimum Gasteiger partial charge on any atom is -0.497 e. The molecule has 0 aliphatic carbocycles. The van der Waals surface area contributed by atoms with Gasteiger partial charge in [0, 0.05) is 38.9 Å². The number of aliphatic imine (C=N–C) groups is 1. The quantitative estimate of drug-likeness (QED) is 0.200. The zero-order valence-corrected chi connectivity index (χ0v) is 18.9. The first-order valence-corrected chi connectivity index (χ1v) is 8.92. The van der Waals surface area contributed by atoms with Crippen LogP contribution in [0.1, 0.15) is 18.4 Å². The molecule has 0 bridgehead atoms. The molecule has 0 spiro atoms. The van der Waals surface area contributed by atoms with Crippen LogP contribution in [0.15, 0.2) is 23.2 Å². The van der Waals surface area contributed by atoms with E-state index in [2.05, 4.69) is 15.6 Å². The number of ether oxygens (including phenoxy) is 3. The molecular formula is C18H31ClIN3O3. The van der Waals surface area contributed by atoms with Gasteiger partial charge in [0.25, 0.3) is 0 Å². The molecule has 1 aromatic carbocycles. The molecule has 1 aromatic rings. The molecule has 0 unspecified atom stereocenters. The molecule has 1 rings (SSSR count). The summed E-state index contributed by atoms with van der Waals surface area (Å²) in [5, 5.41) is 7.31. The lowest BCUT2D eigenvalue weighted by molar-refractivity contribution is 0.0689. The average Bonchev–Trinajstić information content (AvgIpc) is 2.63. The Labute approximate surface area is 179 Å². The highest BCUT2D eigenvalue weighted by atomic mass is 127. The van der Waals surface area contributed by atoms with Crippen molar-refractivity contribution in [2.75, 3.05) is 54.2 Å². The van der Waals surface area contributed by atoms with Gasteiger partial charge in [-0.25, -0.2) is 0 Å². The van der Waals surface area contributed by atoms with Crippen molar-refractivity contribution < 1.29 is 14.2 Å². The van der Waals surface area contributed by atoms with Crippen LogP contribution in [-0.4, -0.2) is 60.1 Å². The highest BCUT2D eigenvalue weighted by Crippen LogP contribution is 2.22. The van der Waals surface area contributed by atoms with Gasteiger partial charge in [0.1, 0.15) is 5.75 Å². The summed E-state index contributed by atoms with van der Waals surface area (Å²) in [4.78, 5) is 4.22. The molecule has 0 saturated heterocycles. The standard InChI is InChI=1S/C18H30ClN3O3.HI/c1-20-18(21-9-4-5-11-25-13-12-23-2)22-10-8-15-6-7-16(24-3)14-17(15)19;/h6-7,14H,4-5,8-13H2,1-3H3,(H2,20,21,22);1H. The molecule has 6 nitrogen and oxygen atoms in total. The van der Waals surface area contributed by atoms with Gasteiger partial charge in [-0.15, -0.1) is 24.0 Å². The fourth-order valence-corrected chi connectivity index (χ4v) is 2.44. The molecule has 0 amide bonds. The summed E-state index contributed by atoms with van der Waals surface area (Å²) in [6.07, 6.45) is 2.85. The van der Waals surface area contributed by atoms with E-state index in [1.807, 2.05) is 18.2 Å². The summed E-state index contributed by atoms with van der Waals surface area (Å²) >= 11 is 6.25. The predicted octanol–water partition coefficient (Wildman–Crippen LogP) is 3.12. The number of nitrogens with one attached hydrogen (secondary N) is 2. The lowest BCUT2D eigenvalue weighted by Gasteiger charge is -2.12. The maximum absolute atomic E-state index is 6.25. The van der Waals surface area contributed by atoms with Crippen molar-refractivity contribution in [2.24, 2.45) is 4.99 Å². The molecule has 0 aromatic heterocycles. The van der Waals surface area contributed by atoms with Gasteiger partial charge in [0.05, 0.1) is 20.3 Å². The monoisotopic (exact) mass is 499 g/mol.